The SMILES string of the molecule is O=C(OCC1CO1)C1=C(CC2=c3ccccc3=CCC2C(=O)OCC2CO2)C/C=C\C=C/CC=C1. The standard InChI is InChI=1S/C29H30O6/c30-28(34-18-22-16-32-22)25-12-6-4-2-1-3-5-10-21(25)15-27-24-11-8-7-9-20(24)13-14-26(27)29(31)35-19-23-17-33-23/h1-3,5-9,11-13,22-23,26H,4,10,14-19H2/b2-1-,5-3-,12-6?,25-21?. The smallest absolute Gasteiger partial charge is 0.338 e. The summed E-state index contributed by atoms with van der Waals surface area (Å²) in [5, 5.41) is 2.13. The first-order valence-corrected chi connectivity index (χ1v) is 12.2. The van der Waals surface area contributed by atoms with Crippen LogP contribution in [0.4, 0.5) is 0 Å². The van der Waals surface area contributed by atoms with E-state index in [2.05, 4.69) is 12.1 Å². The van der Waals surface area contributed by atoms with Crippen molar-refractivity contribution in [1.29, 1.82) is 0 Å². The minimum absolute atomic E-state index is 0.000858. The summed E-state index contributed by atoms with van der Waals surface area (Å²) in [6, 6.07) is 8.09. The highest BCUT2D eigenvalue weighted by Crippen LogP contribution is 2.31. The molecule has 1 aromatic rings. The van der Waals surface area contributed by atoms with E-state index >= 15 is 0 Å². The molecule has 0 spiro atoms. The van der Waals surface area contributed by atoms with Crippen LogP contribution in [0.2, 0.25) is 0 Å². The molecular formula is C29H30O6. The molecular weight excluding hydrogens is 444 g/mol. The maximum atomic E-state index is 13.1. The van der Waals surface area contributed by atoms with Crippen LogP contribution in [0.1, 0.15) is 25.7 Å². The van der Waals surface area contributed by atoms with E-state index in [1.165, 1.54) is 0 Å². The van der Waals surface area contributed by atoms with Crippen LogP contribution < -0.4 is 10.4 Å². The molecule has 2 fully saturated rings. The van der Waals surface area contributed by atoms with Crippen LogP contribution in [0.25, 0.3) is 11.6 Å². The lowest BCUT2D eigenvalue weighted by molar-refractivity contribution is -0.146. The molecule has 0 amide bonds. The number of fused-ring (bicyclic) bond motifs is 1. The van der Waals surface area contributed by atoms with Crippen LogP contribution in [0.5, 0.6) is 0 Å². The topological polar surface area (TPSA) is 77.7 Å². The maximum absolute atomic E-state index is 13.1. The lowest BCUT2D eigenvalue weighted by Crippen LogP contribution is -2.36. The molecule has 2 aliphatic heterocycles. The van der Waals surface area contributed by atoms with Crippen molar-refractivity contribution in [3.63, 3.8) is 0 Å². The summed E-state index contributed by atoms with van der Waals surface area (Å²) in [7, 11) is 0. The molecule has 6 nitrogen and oxygen atoms in total. The third-order valence-electron chi connectivity index (χ3n) is 6.51. The molecule has 0 saturated carbocycles. The Labute approximate surface area is 204 Å². The second-order valence-electron chi connectivity index (χ2n) is 9.14. The molecule has 2 aliphatic carbocycles. The van der Waals surface area contributed by atoms with E-state index in [4.69, 9.17) is 18.9 Å². The second kappa shape index (κ2) is 11.0. The van der Waals surface area contributed by atoms with Crippen LogP contribution in [0.3, 0.4) is 0 Å². The molecule has 35 heavy (non-hydrogen) atoms. The molecule has 0 aromatic heterocycles. The number of ether oxygens (including phenoxy) is 4. The van der Waals surface area contributed by atoms with Crippen molar-refractivity contribution in [3.8, 4) is 0 Å². The number of esters is 2. The highest BCUT2D eigenvalue weighted by atomic mass is 16.6. The van der Waals surface area contributed by atoms with E-state index in [1.54, 1.807) is 0 Å². The number of carbonyl (C=O) groups excluding carboxylic acids is 2. The van der Waals surface area contributed by atoms with Gasteiger partial charge >= 0.3 is 11.9 Å². The number of carbonyl (C=O) groups is 2. The first-order chi connectivity index (χ1) is 17.2. The maximum Gasteiger partial charge on any atom is 0.338 e. The summed E-state index contributed by atoms with van der Waals surface area (Å²) in [6.45, 7) is 1.81. The second-order valence-corrected chi connectivity index (χ2v) is 9.14. The summed E-state index contributed by atoms with van der Waals surface area (Å²) < 4.78 is 21.6. The number of epoxide rings is 2. The Bertz CT molecular complexity index is 1210. The van der Waals surface area contributed by atoms with Gasteiger partial charge in [0.1, 0.15) is 25.4 Å². The zero-order chi connectivity index (χ0) is 24.0. The fraction of sp³-hybridized carbons (Fsp3) is 0.379. The van der Waals surface area contributed by atoms with Crippen molar-refractivity contribution in [2.45, 2.75) is 37.9 Å². The highest BCUT2D eigenvalue weighted by Gasteiger charge is 2.31. The number of hydrogen-bond acceptors (Lipinski definition) is 6. The zero-order valence-electron chi connectivity index (χ0n) is 19.7. The van der Waals surface area contributed by atoms with E-state index in [0.29, 0.717) is 44.5 Å². The summed E-state index contributed by atoms with van der Waals surface area (Å²) >= 11 is 0. The molecule has 2 saturated heterocycles. The van der Waals surface area contributed by atoms with Gasteiger partial charge in [-0.25, -0.2) is 4.79 Å². The van der Waals surface area contributed by atoms with Gasteiger partial charge < -0.3 is 18.9 Å². The van der Waals surface area contributed by atoms with Crippen molar-refractivity contribution in [2.75, 3.05) is 26.4 Å². The van der Waals surface area contributed by atoms with Gasteiger partial charge in [-0.05, 0) is 47.3 Å². The van der Waals surface area contributed by atoms with Gasteiger partial charge in [-0.2, -0.15) is 0 Å². The van der Waals surface area contributed by atoms with E-state index in [0.717, 1.165) is 21.6 Å². The van der Waals surface area contributed by atoms with Crippen molar-refractivity contribution in [2.24, 2.45) is 5.92 Å². The Morgan fingerprint density at radius 3 is 2.49 bits per heavy atom. The van der Waals surface area contributed by atoms with E-state index in [1.807, 2.05) is 54.7 Å². The van der Waals surface area contributed by atoms with E-state index in [-0.39, 0.29) is 37.4 Å². The van der Waals surface area contributed by atoms with Gasteiger partial charge in [0, 0.05) is 0 Å². The van der Waals surface area contributed by atoms with Crippen molar-refractivity contribution < 1.29 is 28.5 Å². The van der Waals surface area contributed by atoms with Gasteiger partial charge in [0.25, 0.3) is 0 Å². The summed E-state index contributed by atoms with van der Waals surface area (Å²) in [5.41, 5.74) is 2.44. The van der Waals surface area contributed by atoms with Gasteiger partial charge in [0.05, 0.1) is 24.7 Å². The minimum atomic E-state index is -0.406. The van der Waals surface area contributed by atoms with Gasteiger partial charge in [-0.1, -0.05) is 66.8 Å². The van der Waals surface area contributed by atoms with Crippen molar-refractivity contribution in [1.82, 2.24) is 0 Å². The third-order valence-corrected chi connectivity index (χ3v) is 6.51. The van der Waals surface area contributed by atoms with Gasteiger partial charge in [0.15, 0.2) is 0 Å². The fourth-order valence-electron chi connectivity index (χ4n) is 4.40. The Kier molecular flexibility index (Phi) is 7.40. The van der Waals surface area contributed by atoms with Gasteiger partial charge in [0.2, 0.25) is 0 Å². The molecule has 0 N–H and O–H groups in total. The van der Waals surface area contributed by atoms with Crippen LogP contribution in [0.15, 0.2) is 71.9 Å². The molecule has 0 bridgehead atoms. The first kappa shape index (κ1) is 23.5. The van der Waals surface area contributed by atoms with Crippen LogP contribution in [-0.4, -0.2) is 50.6 Å². The average Bonchev–Trinajstić information content (AvgIpc) is 3.80. The van der Waals surface area contributed by atoms with Crippen LogP contribution >= 0.6 is 0 Å². The van der Waals surface area contributed by atoms with E-state index < -0.39 is 5.92 Å². The normalized spacial score (nSPS) is 26.7. The molecule has 1 aromatic carbocycles. The largest absolute Gasteiger partial charge is 0.462 e. The lowest BCUT2D eigenvalue weighted by Gasteiger charge is -2.23. The number of allylic oxidation sites excluding steroid dienone is 6. The molecule has 182 valence electrons. The number of rotatable bonds is 8. The lowest BCUT2D eigenvalue weighted by atomic mass is 9.83. The molecule has 0 radical (unpaired) electrons. The predicted octanol–water partition coefficient (Wildman–Crippen LogP) is 2.67. The van der Waals surface area contributed by atoms with Crippen molar-refractivity contribution in [3.05, 3.63) is 82.3 Å². The number of hydrogen-bond donors (Lipinski definition) is 0. The molecule has 3 unspecified atom stereocenters. The quantitative estimate of drug-likeness (QED) is 0.426. The molecule has 5 rings (SSSR count). The van der Waals surface area contributed by atoms with Gasteiger partial charge in [-0.3, -0.25) is 4.79 Å². The minimum Gasteiger partial charge on any atom is -0.462 e. The molecule has 6 heteroatoms. The molecule has 3 atom stereocenters. The first-order valence-electron chi connectivity index (χ1n) is 12.2. The predicted molar refractivity (Wildman–Crippen MR) is 131 cm³/mol. The highest BCUT2D eigenvalue weighted by molar-refractivity contribution is 5.93. The zero-order valence-corrected chi connectivity index (χ0v) is 19.7. The number of benzene rings is 1. The Balaban J connectivity index is 1.51. The summed E-state index contributed by atoms with van der Waals surface area (Å²) in [4.78, 5) is 26.3. The fourth-order valence-corrected chi connectivity index (χ4v) is 4.40. The van der Waals surface area contributed by atoms with Crippen molar-refractivity contribution >= 4 is 23.6 Å². The molecule has 2 heterocycles. The average molecular weight is 475 g/mol. The summed E-state index contributed by atoms with van der Waals surface area (Å²) in [5.74, 6) is -1.01. The van der Waals surface area contributed by atoms with Gasteiger partial charge in [-0.15, -0.1) is 0 Å². The van der Waals surface area contributed by atoms with Crippen LogP contribution in [-0.2, 0) is 28.5 Å². The van der Waals surface area contributed by atoms with Crippen LogP contribution in [0, 0.1) is 5.92 Å². The third kappa shape index (κ3) is 6.27. The van der Waals surface area contributed by atoms with E-state index in [9.17, 15) is 9.59 Å². The summed E-state index contributed by atoms with van der Waals surface area (Å²) in [6.07, 6.45) is 16.4. The Morgan fingerprint density at radius 1 is 0.943 bits per heavy atom. The molecule has 4 aliphatic rings. The Morgan fingerprint density at radius 2 is 1.69 bits per heavy atom. The monoisotopic (exact) mass is 474 g/mol. The Hall–Kier alpha value is -3.22.